The van der Waals surface area contributed by atoms with Gasteiger partial charge < -0.3 is 9.52 Å². The second kappa shape index (κ2) is 6.75. The summed E-state index contributed by atoms with van der Waals surface area (Å²) < 4.78 is 5.20. The summed E-state index contributed by atoms with van der Waals surface area (Å²) in [5.41, 5.74) is 0.711. The van der Waals surface area contributed by atoms with Gasteiger partial charge in [-0.05, 0) is 24.6 Å². The van der Waals surface area contributed by atoms with Gasteiger partial charge >= 0.3 is 5.63 Å². The Kier molecular flexibility index (Phi) is 4.53. The molecule has 0 aliphatic heterocycles. The van der Waals surface area contributed by atoms with Crippen molar-refractivity contribution < 1.29 is 9.52 Å². The third kappa shape index (κ3) is 3.48. The first-order chi connectivity index (χ1) is 11.1. The van der Waals surface area contributed by atoms with Gasteiger partial charge in [0.1, 0.15) is 11.5 Å². The van der Waals surface area contributed by atoms with Crippen LogP contribution in [0.3, 0.4) is 0 Å². The number of thioether (sulfide) groups is 1. The number of benzene rings is 2. The average molecular weight is 324 g/mol. The van der Waals surface area contributed by atoms with Crippen LogP contribution in [0.1, 0.15) is 22.1 Å². The zero-order valence-corrected chi connectivity index (χ0v) is 13.4. The summed E-state index contributed by atoms with van der Waals surface area (Å²) in [4.78, 5) is 13.3. The number of hydrogen-bond acceptors (Lipinski definition) is 4. The Labute approximate surface area is 138 Å². The van der Waals surface area contributed by atoms with Crippen molar-refractivity contribution >= 4 is 11.8 Å². The van der Waals surface area contributed by atoms with Crippen LogP contribution < -0.4 is 5.63 Å². The summed E-state index contributed by atoms with van der Waals surface area (Å²) in [6.45, 7) is 1.65. The predicted molar refractivity (Wildman–Crippen MR) is 92.0 cm³/mol. The number of hydrogen-bond donors (Lipinski definition) is 1. The van der Waals surface area contributed by atoms with Gasteiger partial charge in [-0.1, -0.05) is 48.5 Å². The minimum atomic E-state index is -0.500. The maximum absolute atomic E-state index is 12.3. The van der Waals surface area contributed by atoms with Gasteiger partial charge in [0, 0.05) is 11.0 Å². The molecule has 0 aliphatic rings. The van der Waals surface area contributed by atoms with Gasteiger partial charge in [-0.25, -0.2) is 4.79 Å². The van der Waals surface area contributed by atoms with E-state index in [-0.39, 0.29) is 16.6 Å². The smallest absolute Gasteiger partial charge is 0.344 e. The van der Waals surface area contributed by atoms with Crippen LogP contribution in [-0.2, 0) is 0 Å². The van der Waals surface area contributed by atoms with Gasteiger partial charge in [0.25, 0.3) is 0 Å². The maximum atomic E-state index is 12.3. The predicted octanol–water partition coefficient (Wildman–Crippen LogP) is 4.54. The molecule has 1 unspecified atom stereocenters. The lowest BCUT2D eigenvalue weighted by Gasteiger charge is -2.17. The van der Waals surface area contributed by atoms with Crippen LogP contribution >= 0.6 is 11.8 Å². The first-order valence-corrected chi connectivity index (χ1v) is 8.13. The molecule has 0 bridgehead atoms. The van der Waals surface area contributed by atoms with Crippen LogP contribution in [0, 0.1) is 6.92 Å². The lowest BCUT2D eigenvalue weighted by Crippen LogP contribution is -2.12. The van der Waals surface area contributed by atoms with Crippen LogP contribution in [0.2, 0.25) is 0 Å². The Hall–Kier alpha value is -2.46. The van der Waals surface area contributed by atoms with Gasteiger partial charge in [0.2, 0.25) is 0 Å². The SMILES string of the molecule is Cc1cc(O)c(C(Sc2ccccc2)c2ccccc2)c(=O)o1. The molecule has 3 rings (SSSR count). The molecule has 1 heterocycles. The molecule has 0 spiro atoms. The van der Waals surface area contributed by atoms with E-state index < -0.39 is 5.63 Å². The van der Waals surface area contributed by atoms with Crippen molar-refractivity contribution in [2.24, 2.45) is 0 Å². The van der Waals surface area contributed by atoms with E-state index >= 15 is 0 Å². The molecule has 0 saturated heterocycles. The Morgan fingerprint density at radius 1 is 1.00 bits per heavy atom. The Morgan fingerprint density at radius 2 is 1.61 bits per heavy atom. The van der Waals surface area contributed by atoms with Crippen LogP contribution in [0.4, 0.5) is 0 Å². The molecule has 1 atom stereocenters. The zero-order valence-electron chi connectivity index (χ0n) is 12.6. The van der Waals surface area contributed by atoms with Crippen molar-refractivity contribution in [2.45, 2.75) is 17.1 Å². The Balaban J connectivity index is 2.11. The number of aromatic hydroxyl groups is 1. The lowest BCUT2D eigenvalue weighted by molar-refractivity contribution is 0.424. The fourth-order valence-corrected chi connectivity index (χ4v) is 3.62. The van der Waals surface area contributed by atoms with Gasteiger partial charge in [0.15, 0.2) is 0 Å². The summed E-state index contributed by atoms with van der Waals surface area (Å²) in [5.74, 6) is 0.365. The van der Waals surface area contributed by atoms with E-state index in [1.54, 1.807) is 6.92 Å². The van der Waals surface area contributed by atoms with Crippen LogP contribution in [0.15, 0.2) is 80.8 Å². The molecule has 1 N–H and O–H groups in total. The summed E-state index contributed by atoms with van der Waals surface area (Å²) in [7, 11) is 0. The lowest BCUT2D eigenvalue weighted by atomic mass is 10.1. The molecule has 0 amide bonds. The van der Waals surface area contributed by atoms with Crippen LogP contribution in [-0.4, -0.2) is 5.11 Å². The molecule has 3 nitrogen and oxygen atoms in total. The highest BCUT2D eigenvalue weighted by Gasteiger charge is 2.24. The average Bonchev–Trinajstić information content (AvgIpc) is 2.55. The first-order valence-electron chi connectivity index (χ1n) is 7.25. The van der Waals surface area contributed by atoms with Gasteiger partial charge in [0.05, 0.1) is 10.8 Å². The second-order valence-corrected chi connectivity index (χ2v) is 6.34. The van der Waals surface area contributed by atoms with E-state index in [4.69, 9.17) is 4.42 Å². The summed E-state index contributed by atoms with van der Waals surface area (Å²) in [6, 6.07) is 20.9. The van der Waals surface area contributed by atoms with E-state index in [1.165, 1.54) is 17.8 Å². The molecule has 0 saturated carbocycles. The van der Waals surface area contributed by atoms with E-state index in [2.05, 4.69) is 0 Å². The molecule has 0 radical (unpaired) electrons. The van der Waals surface area contributed by atoms with Gasteiger partial charge in [-0.3, -0.25) is 0 Å². The van der Waals surface area contributed by atoms with E-state index in [9.17, 15) is 9.90 Å². The van der Waals surface area contributed by atoms with Crippen molar-refractivity contribution in [3.8, 4) is 5.75 Å². The Morgan fingerprint density at radius 3 is 2.22 bits per heavy atom. The molecule has 3 aromatic rings. The first kappa shape index (κ1) is 15.4. The molecule has 23 heavy (non-hydrogen) atoms. The highest BCUT2D eigenvalue weighted by Crippen LogP contribution is 2.42. The maximum Gasteiger partial charge on any atom is 0.344 e. The van der Waals surface area contributed by atoms with Crippen LogP contribution in [0.5, 0.6) is 5.75 Å². The fraction of sp³-hybridized carbons (Fsp3) is 0.105. The summed E-state index contributed by atoms with van der Waals surface area (Å²) >= 11 is 1.51. The van der Waals surface area contributed by atoms with E-state index in [0.29, 0.717) is 5.76 Å². The number of rotatable bonds is 4. The molecule has 116 valence electrons. The van der Waals surface area contributed by atoms with Crippen LogP contribution in [0.25, 0.3) is 0 Å². The van der Waals surface area contributed by atoms with Crippen molar-refractivity contribution in [1.82, 2.24) is 0 Å². The monoisotopic (exact) mass is 324 g/mol. The molecule has 2 aromatic carbocycles. The highest BCUT2D eigenvalue weighted by atomic mass is 32.2. The third-order valence-electron chi connectivity index (χ3n) is 3.45. The van der Waals surface area contributed by atoms with Crippen molar-refractivity contribution in [2.75, 3.05) is 0 Å². The molecular formula is C19H16O3S. The van der Waals surface area contributed by atoms with Gasteiger partial charge in [-0.2, -0.15) is 0 Å². The molecule has 0 fully saturated rings. The van der Waals surface area contributed by atoms with Crippen molar-refractivity contribution in [3.05, 3.63) is 94.0 Å². The van der Waals surface area contributed by atoms with E-state index in [1.807, 2.05) is 60.7 Å². The normalized spacial score (nSPS) is 12.0. The minimum Gasteiger partial charge on any atom is -0.507 e. The fourth-order valence-electron chi connectivity index (χ4n) is 2.40. The largest absolute Gasteiger partial charge is 0.507 e. The van der Waals surface area contributed by atoms with E-state index in [0.717, 1.165) is 10.5 Å². The molecule has 0 aliphatic carbocycles. The summed E-state index contributed by atoms with van der Waals surface area (Å²) in [6.07, 6.45) is 0. The standard InChI is InChI=1S/C19H16O3S/c1-13-12-16(20)17(19(21)22-13)18(14-8-4-2-5-9-14)23-15-10-6-3-7-11-15/h2-12,18,20H,1H3. The van der Waals surface area contributed by atoms with Crippen molar-refractivity contribution in [1.29, 1.82) is 0 Å². The third-order valence-corrected chi connectivity index (χ3v) is 4.74. The second-order valence-electron chi connectivity index (χ2n) is 5.17. The quantitative estimate of drug-likeness (QED) is 0.716. The topological polar surface area (TPSA) is 50.4 Å². The molecule has 4 heteroatoms. The highest BCUT2D eigenvalue weighted by molar-refractivity contribution is 7.99. The molecule has 1 aromatic heterocycles. The van der Waals surface area contributed by atoms with Gasteiger partial charge in [-0.15, -0.1) is 11.8 Å². The summed E-state index contributed by atoms with van der Waals surface area (Å²) in [5, 5.41) is 9.97. The van der Waals surface area contributed by atoms with Crippen molar-refractivity contribution in [3.63, 3.8) is 0 Å². The zero-order chi connectivity index (χ0) is 16.2. The molecular weight excluding hydrogens is 308 g/mol. The Bertz CT molecular complexity index is 841. The number of aryl methyl sites for hydroxylation is 1. The minimum absolute atomic E-state index is 0.0314.